The Hall–Kier alpha value is -1.26. The summed E-state index contributed by atoms with van der Waals surface area (Å²) in [5, 5.41) is 2.55. The van der Waals surface area contributed by atoms with Crippen molar-refractivity contribution >= 4 is 12.0 Å². The van der Waals surface area contributed by atoms with Gasteiger partial charge in [0.2, 0.25) is 5.91 Å². The number of hydrogen-bond donors (Lipinski definition) is 1. The first-order valence-corrected chi connectivity index (χ1v) is 5.97. The smallest absolute Gasteiger partial charge is 0.408 e. The van der Waals surface area contributed by atoms with Crippen molar-refractivity contribution in [3.8, 4) is 0 Å². The van der Waals surface area contributed by atoms with Crippen LogP contribution in [0.25, 0.3) is 0 Å². The Morgan fingerprint density at radius 2 is 1.88 bits per heavy atom. The average molecular weight is 242 g/mol. The van der Waals surface area contributed by atoms with E-state index in [1.54, 1.807) is 32.6 Å². The van der Waals surface area contributed by atoms with Crippen LogP contribution in [0.3, 0.4) is 0 Å². The minimum Gasteiger partial charge on any atom is -0.444 e. The summed E-state index contributed by atoms with van der Waals surface area (Å²) in [4.78, 5) is 25.0. The van der Waals surface area contributed by atoms with Gasteiger partial charge >= 0.3 is 6.09 Å². The molecule has 2 amide bonds. The van der Waals surface area contributed by atoms with Crippen LogP contribution in [0.4, 0.5) is 4.79 Å². The molecule has 98 valence electrons. The van der Waals surface area contributed by atoms with Crippen LogP contribution in [0.1, 0.15) is 34.6 Å². The van der Waals surface area contributed by atoms with Crippen LogP contribution < -0.4 is 5.32 Å². The van der Waals surface area contributed by atoms with Gasteiger partial charge in [-0.15, -0.1) is 0 Å². The molecule has 17 heavy (non-hydrogen) atoms. The van der Waals surface area contributed by atoms with Gasteiger partial charge in [-0.25, -0.2) is 4.79 Å². The Balaban J connectivity index is 2.36. The zero-order chi connectivity index (χ0) is 13.2. The minimum absolute atomic E-state index is 0.0473. The quantitative estimate of drug-likeness (QED) is 0.795. The van der Waals surface area contributed by atoms with Crippen molar-refractivity contribution in [3.63, 3.8) is 0 Å². The Morgan fingerprint density at radius 1 is 1.35 bits per heavy atom. The van der Waals surface area contributed by atoms with E-state index in [1.807, 2.05) is 0 Å². The fourth-order valence-corrected chi connectivity index (χ4v) is 1.70. The van der Waals surface area contributed by atoms with Crippen LogP contribution in [0, 0.1) is 5.92 Å². The molecule has 1 heterocycles. The van der Waals surface area contributed by atoms with Gasteiger partial charge in [0.05, 0.1) is 0 Å². The summed E-state index contributed by atoms with van der Waals surface area (Å²) in [6.45, 7) is 10.7. The molecule has 0 aliphatic carbocycles. The van der Waals surface area contributed by atoms with E-state index in [1.165, 1.54) is 0 Å². The third-order valence-electron chi connectivity index (χ3n) is 2.48. The largest absolute Gasteiger partial charge is 0.444 e. The highest BCUT2D eigenvalue weighted by molar-refractivity contribution is 5.85. The molecule has 0 bridgehead atoms. The molecule has 1 N–H and O–H groups in total. The molecule has 0 saturated carbocycles. The zero-order valence-electron chi connectivity index (χ0n) is 11.2. The van der Waals surface area contributed by atoms with Crippen molar-refractivity contribution in [2.75, 3.05) is 13.1 Å². The predicted molar refractivity (Wildman–Crippen MR) is 64.6 cm³/mol. The van der Waals surface area contributed by atoms with Crippen LogP contribution in [0.5, 0.6) is 0 Å². The highest BCUT2D eigenvalue weighted by Gasteiger charge is 2.31. The summed E-state index contributed by atoms with van der Waals surface area (Å²) in [6, 6.07) is -0.530. The molecule has 1 unspecified atom stereocenters. The molecular formula is C12H22N2O3. The van der Waals surface area contributed by atoms with Gasteiger partial charge in [0.1, 0.15) is 11.6 Å². The first-order valence-electron chi connectivity index (χ1n) is 5.97. The molecule has 1 saturated heterocycles. The molecule has 5 nitrogen and oxygen atoms in total. The van der Waals surface area contributed by atoms with Gasteiger partial charge in [-0.05, 0) is 33.6 Å². The van der Waals surface area contributed by atoms with Crippen molar-refractivity contribution in [2.45, 2.75) is 46.3 Å². The Morgan fingerprint density at radius 3 is 2.29 bits per heavy atom. The summed E-state index contributed by atoms with van der Waals surface area (Å²) in [7, 11) is 0. The molecule has 0 aromatic carbocycles. The standard InChI is InChI=1S/C12H22N2O3/c1-8-6-14(7-8)10(15)9(2)13-11(16)17-12(3,4)5/h8-9H,6-7H2,1-5H3,(H,13,16). The SMILES string of the molecule is CC1CN(C(=O)C(C)NC(=O)OC(C)(C)C)C1. The van der Waals surface area contributed by atoms with E-state index in [0.29, 0.717) is 5.92 Å². The minimum atomic E-state index is -0.549. The summed E-state index contributed by atoms with van der Waals surface area (Å²) in [5.74, 6) is 0.515. The molecule has 0 radical (unpaired) electrons. The van der Waals surface area contributed by atoms with Crippen molar-refractivity contribution < 1.29 is 14.3 Å². The monoisotopic (exact) mass is 242 g/mol. The van der Waals surface area contributed by atoms with Crippen molar-refractivity contribution in [3.05, 3.63) is 0 Å². The molecule has 1 aliphatic rings. The van der Waals surface area contributed by atoms with Crippen molar-refractivity contribution in [1.29, 1.82) is 0 Å². The third kappa shape index (κ3) is 4.24. The van der Waals surface area contributed by atoms with Crippen molar-refractivity contribution in [2.24, 2.45) is 5.92 Å². The van der Waals surface area contributed by atoms with Gasteiger partial charge in [-0.2, -0.15) is 0 Å². The highest BCUT2D eigenvalue weighted by atomic mass is 16.6. The summed E-state index contributed by atoms with van der Waals surface area (Å²) in [5.41, 5.74) is -0.544. The Kier molecular flexibility index (Phi) is 4.01. The van der Waals surface area contributed by atoms with E-state index in [-0.39, 0.29) is 5.91 Å². The second-order valence-corrected chi connectivity index (χ2v) is 5.72. The lowest BCUT2D eigenvalue weighted by Gasteiger charge is -2.38. The number of rotatable bonds is 2. The lowest BCUT2D eigenvalue weighted by atomic mass is 10.0. The van der Waals surface area contributed by atoms with Crippen LogP contribution in [-0.4, -0.2) is 41.6 Å². The van der Waals surface area contributed by atoms with E-state index >= 15 is 0 Å². The van der Waals surface area contributed by atoms with Crippen molar-refractivity contribution in [1.82, 2.24) is 10.2 Å². The fraction of sp³-hybridized carbons (Fsp3) is 0.833. The van der Waals surface area contributed by atoms with Gasteiger partial charge in [0.25, 0.3) is 0 Å². The molecule has 1 fully saturated rings. The van der Waals surface area contributed by atoms with Crippen LogP contribution in [-0.2, 0) is 9.53 Å². The molecule has 1 aliphatic heterocycles. The molecule has 1 rings (SSSR count). The normalized spacial score (nSPS) is 18.3. The van der Waals surface area contributed by atoms with E-state index in [0.717, 1.165) is 13.1 Å². The number of amides is 2. The number of likely N-dealkylation sites (tertiary alicyclic amines) is 1. The first-order chi connectivity index (χ1) is 7.69. The summed E-state index contributed by atoms with van der Waals surface area (Å²) >= 11 is 0. The van der Waals surface area contributed by atoms with Gasteiger partial charge < -0.3 is 15.0 Å². The maximum atomic E-state index is 11.8. The molecule has 5 heteroatoms. The van der Waals surface area contributed by atoms with E-state index in [4.69, 9.17) is 4.74 Å². The maximum absolute atomic E-state index is 11.8. The number of hydrogen-bond acceptors (Lipinski definition) is 3. The molecule has 0 spiro atoms. The van der Waals surface area contributed by atoms with Crippen LogP contribution in [0.2, 0.25) is 0 Å². The van der Waals surface area contributed by atoms with Gasteiger partial charge in [-0.3, -0.25) is 4.79 Å². The molecular weight excluding hydrogens is 220 g/mol. The third-order valence-corrected chi connectivity index (χ3v) is 2.48. The van der Waals surface area contributed by atoms with Gasteiger partial charge in [-0.1, -0.05) is 6.92 Å². The summed E-state index contributed by atoms with van der Waals surface area (Å²) in [6.07, 6.45) is -0.549. The number of carbonyl (C=O) groups is 2. The lowest BCUT2D eigenvalue weighted by molar-refractivity contribution is -0.138. The van der Waals surface area contributed by atoms with E-state index in [2.05, 4.69) is 12.2 Å². The van der Waals surface area contributed by atoms with Gasteiger partial charge in [0.15, 0.2) is 0 Å². The average Bonchev–Trinajstić information content (AvgIpc) is 2.08. The number of alkyl carbamates (subject to hydrolysis) is 1. The Labute approximate surface area is 102 Å². The van der Waals surface area contributed by atoms with E-state index < -0.39 is 17.7 Å². The lowest BCUT2D eigenvalue weighted by Crippen LogP contribution is -2.55. The number of nitrogens with one attached hydrogen (secondary N) is 1. The zero-order valence-corrected chi connectivity index (χ0v) is 11.2. The second kappa shape index (κ2) is 4.94. The topological polar surface area (TPSA) is 58.6 Å². The second-order valence-electron chi connectivity index (χ2n) is 5.72. The first kappa shape index (κ1) is 13.8. The number of ether oxygens (including phenoxy) is 1. The molecule has 0 aromatic heterocycles. The Bertz CT molecular complexity index is 303. The van der Waals surface area contributed by atoms with Gasteiger partial charge in [0, 0.05) is 13.1 Å². The fourth-order valence-electron chi connectivity index (χ4n) is 1.70. The number of carbonyl (C=O) groups excluding carboxylic acids is 2. The maximum Gasteiger partial charge on any atom is 0.408 e. The molecule has 0 aromatic rings. The predicted octanol–water partition coefficient (Wildman–Crippen LogP) is 1.38. The molecule has 1 atom stereocenters. The highest BCUT2D eigenvalue weighted by Crippen LogP contribution is 2.15. The number of nitrogens with zero attached hydrogens (tertiary/aromatic N) is 1. The van der Waals surface area contributed by atoms with E-state index in [9.17, 15) is 9.59 Å². The van der Waals surface area contributed by atoms with Crippen LogP contribution in [0.15, 0.2) is 0 Å². The van der Waals surface area contributed by atoms with Crippen LogP contribution >= 0.6 is 0 Å². The summed E-state index contributed by atoms with van der Waals surface area (Å²) < 4.78 is 5.09.